The van der Waals surface area contributed by atoms with Crippen LogP contribution in [-0.2, 0) is 21.4 Å². The van der Waals surface area contributed by atoms with E-state index >= 15 is 0 Å². The smallest absolute Gasteiger partial charge is 0.308 e. The van der Waals surface area contributed by atoms with Gasteiger partial charge in [0.15, 0.2) is 0 Å². The summed E-state index contributed by atoms with van der Waals surface area (Å²) in [7, 11) is -3.71. The number of carbonyl (C=O) groups is 1. The largest absolute Gasteiger partial charge is 0.324 e. The van der Waals surface area contributed by atoms with Crippen LogP contribution >= 0.6 is 11.3 Å². The van der Waals surface area contributed by atoms with Gasteiger partial charge in [0.1, 0.15) is 6.04 Å². The van der Waals surface area contributed by atoms with Gasteiger partial charge in [-0.1, -0.05) is 24.3 Å². The van der Waals surface area contributed by atoms with Crippen molar-refractivity contribution in [1.29, 1.82) is 0 Å². The third-order valence-corrected chi connectivity index (χ3v) is 7.45. The lowest BCUT2D eigenvalue weighted by atomic mass is 10.1. The summed E-state index contributed by atoms with van der Waals surface area (Å²) in [6.07, 6.45) is 1.41. The molecule has 1 atom stereocenters. The molecular weight excluding hydrogens is 434 g/mol. The Labute approximate surface area is 186 Å². The van der Waals surface area contributed by atoms with Crippen LogP contribution < -0.4 is 14.5 Å². The number of benzene rings is 2. The van der Waals surface area contributed by atoms with Crippen LogP contribution in [0.3, 0.4) is 0 Å². The van der Waals surface area contributed by atoms with Gasteiger partial charge >= 0.3 is 4.87 Å². The maximum Gasteiger partial charge on any atom is 0.308 e. The Morgan fingerprint density at radius 2 is 1.84 bits per heavy atom. The lowest BCUT2D eigenvalue weighted by Gasteiger charge is -2.30. The molecule has 0 bridgehead atoms. The van der Waals surface area contributed by atoms with Crippen LogP contribution in [0.1, 0.15) is 31.4 Å². The van der Waals surface area contributed by atoms with Crippen molar-refractivity contribution in [2.75, 3.05) is 15.9 Å². The number of fused-ring (bicyclic) bond motifs is 1. The molecule has 0 saturated heterocycles. The van der Waals surface area contributed by atoms with E-state index in [2.05, 4.69) is 5.32 Å². The zero-order valence-electron chi connectivity index (χ0n) is 18.3. The summed E-state index contributed by atoms with van der Waals surface area (Å²) >= 11 is 1.12. The molecule has 1 heterocycles. The molecule has 7 nitrogen and oxygen atoms in total. The Kier molecular flexibility index (Phi) is 6.56. The number of nitrogens with zero attached hydrogens (tertiary/aromatic N) is 2. The van der Waals surface area contributed by atoms with Crippen molar-refractivity contribution in [3.05, 3.63) is 57.2 Å². The zero-order chi connectivity index (χ0) is 22.9. The highest BCUT2D eigenvalue weighted by Crippen LogP contribution is 2.27. The molecule has 31 heavy (non-hydrogen) atoms. The summed E-state index contributed by atoms with van der Waals surface area (Å²) in [5, 5.41) is 2.83. The fraction of sp³-hybridized carbons (Fsp3) is 0.364. The van der Waals surface area contributed by atoms with Crippen LogP contribution in [0.15, 0.2) is 41.2 Å². The SMILES string of the molecule is CC[C@@H](C(=O)Nc1ccc2c(c1)sc(=O)n2CC)N(c1ccc(C)c(C)c1)S(C)(=O)=O. The molecule has 0 radical (unpaired) electrons. The average Bonchev–Trinajstić information content (AvgIpc) is 3.01. The molecule has 166 valence electrons. The fourth-order valence-electron chi connectivity index (χ4n) is 3.59. The number of aromatic nitrogens is 1. The molecule has 1 amide bonds. The third kappa shape index (κ3) is 4.67. The number of aryl methyl sites for hydroxylation is 3. The first kappa shape index (κ1) is 23.0. The number of anilines is 2. The highest BCUT2D eigenvalue weighted by Gasteiger charge is 2.31. The van der Waals surface area contributed by atoms with Crippen molar-refractivity contribution in [2.24, 2.45) is 0 Å². The summed E-state index contributed by atoms with van der Waals surface area (Å²) in [4.78, 5) is 25.2. The molecule has 0 aliphatic rings. The number of rotatable bonds is 7. The lowest BCUT2D eigenvalue weighted by Crippen LogP contribution is -2.47. The lowest BCUT2D eigenvalue weighted by molar-refractivity contribution is -0.117. The summed E-state index contributed by atoms with van der Waals surface area (Å²) in [6, 6.07) is 9.71. The minimum atomic E-state index is -3.71. The second-order valence-corrected chi connectivity index (χ2v) is 10.4. The van der Waals surface area contributed by atoms with Crippen molar-refractivity contribution in [3.63, 3.8) is 0 Å². The molecular formula is C22H27N3O4S2. The molecule has 0 fully saturated rings. The molecule has 3 aromatic rings. The highest BCUT2D eigenvalue weighted by molar-refractivity contribution is 7.92. The molecule has 0 spiro atoms. The maximum absolute atomic E-state index is 13.1. The first-order valence-corrected chi connectivity index (χ1v) is 12.7. The van der Waals surface area contributed by atoms with E-state index in [1.807, 2.05) is 26.8 Å². The highest BCUT2D eigenvalue weighted by atomic mass is 32.2. The van der Waals surface area contributed by atoms with Crippen LogP contribution in [0.2, 0.25) is 0 Å². The predicted octanol–water partition coefficient (Wildman–Crippen LogP) is 3.88. The molecule has 0 aliphatic heterocycles. The van der Waals surface area contributed by atoms with Crippen LogP contribution in [0.5, 0.6) is 0 Å². The van der Waals surface area contributed by atoms with E-state index in [1.54, 1.807) is 41.8 Å². The van der Waals surface area contributed by atoms with E-state index < -0.39 is 22.0 Å². The summed E-state index contributed by atoms with van der Waals surface area (Å²) in [5.41, 5.74) is 3.79. The third-order valence-electron chi connectivity index (χ3n) is 5.33. The number of carbonyl (C=O) groups excluding carboxylic acids is 1. The van der Waals surface area contributed by atoms with E-state index in [9.17, 15) is 18.0 Å². The number of hydrogen-bond donors (Lipinski definition) is 1. The first-order chi connectivity index (χ1) is 14.6. The van der Waals surface area contributed by atoms with Crippen molar-refractivity contribution >= 4 is 48.9 Å². The molecule has 1 N–H and O–H groups in total. The van der Waals surface area contributed by atoms with Crippen molar-refractivity contribution < 1.29 is 13.2 Å². The summed E-state index contributed by atoms with van der Waals surface area (Å²) in [5.74, 6) is -0.423. The minimum absolute atomic E-state index is 0.0506. The van der Waals surface area contributed by atoms with Gasteiger partial charge in [-0.2, -0.15) is 0 Å². The Bertz CT molecular complexity index is 1290. The fourth-order valence-corrected chi connectivity index (χ4v) is 5.79. The van der Waals surface area contributed by atoms with Gasteiger partial charge in [-0.3, -0.25) is 18.5 Å². The van der Waals surface area contributed by atoms with Gasteiger partial charge in [0.05, 0.1) is 22.2 Å². The van der Waals surface area contributed by atoms with Crippen molar-refractivity contribution in [1.82, 2.24) is 4.57 Å². The average molecular weight is 462 g/mol. The Balaban J connectivity index is 1.95. The van der Waals surface area contributed by atoms with E-state index in [1.165, 1.54) is 4.31 Å². The summed E-state index contributed by atoms with van der Waals surface area (Å²) in [6.45, 7) is 8.11. The molecule has 0 aliphatic carbocycles. The van der Waals surface area contributed by atoms with E-state index in [0.29, 0.717) is 24.3 Å². The molecule has 0 saturated carbocycles. The van der Waals surface area contributed by atoms with Crippen molar-refractivity contribution in [3.8, 4) is 0 Å². The van der Waals surface area contributed by atoms with Gasteiger partial charge in [0.2, 0.25) is 15.9 Å². The van der Waals surface area contributed by atoms with Crippen LogP contribution in [-0.4, -0.2) is 31.2 Å². The van der Waals surface area contributed by atoms with E-state index in [-0.39, 0.29) is 4.87 Å². The van der Waals surface area contributed by atoms with Gasteiger partial charge in [-0.05, 0) is 68.7 Å². The first-order valence-electron chi connectivity index (χ1n) is 10.1. The molecule has 9 heteroatoms. The van der Waals surface area contributed by atoms with Gasteiger partial charge < -0.3 is 5.32 Å². The maximum atomic E-state index is 13.1. The van der Waals surface area contributed by atoms with Gasteiger partial charge in [0.25, 0.3) is 0 Å². The number of amides is 1. The van der Waals surface area contributed by atoms with Crippen molar-refractivity contribution in [2.45, 2.75) is 46.7 Å². The second-order valence-electron chi connectivity index (χ2n) is 7.54. The molecule has 3 rings (SSSR count). The predicted molar refractivity (Wildman–Crippen MR) is 128 cm³/mol. The Morgan fingerprint density at radius 3 is 2.42 bits per heavy atom. The number of thiazole rings is 1. The quantitative estimate of drug-likeness (QED) is 0.578. The number of sulfonamides is 1. The van der Waals surface area contributed by atoms with Crippen LogP contribution in [0.4, 0.5) is 11.4 Å². The monoisotopic (exact) mass is 461 g/mol. The standard InChI is InChI=1S/C22H27N3O4S2/c1-6-18(25(31(5,28)29)17-10-8-14(3)15(4)12-17)21(26)23-16-9-11-19-20(13-16)30-22(27)24(19)7-2/h8-13,18H,6-7H2,1-5H3,(H,23,26)/t18-/m0/s1. The van der Waals surface area contributed by atoms with Crippen LogP contribution in [0, 0.1) is 13.8 Å². The molecule has 1 aromatic heterocycles. The Hall–Kier alpha value is -2.65. The van der Waals surface area contributed by atoms with Gasteiger partial charge in [-0.25, -0.2) is 8.42 Å². The topological polar surface area (TPSA) is 88.5 Å². The van der Waals surface area contributed by atoms with E-state index in [0.717, 1.165) is 38.9 Å². The van der Waals surface area contributed by atoms with Gasteiger partial charge in [-0.15, -0.1) is 0 Å². The molecule has 0 unspecified atom stereocenters. The van der Waals surface area contributed by atoms with Crippen LogP contribution in [0.25, 0.3) is 10.2 Å². The minimum Gasteiger partial charge on any atom is -0.324 e. The van der Waals surface area contributed by atoms with Gasteiger partial charge in [0, 0.05) is 12.2 Å². The zero-order valence-corrected chi connectivity index (χ0v) is 19.9. The number of nitrogens with one attached hydrogen (secondary N) is 1. The second kappa shape index (κ2) is 8.84. The molecule has 2 aromatic carbocycles. The Morgan fingerprint density at radius 1 is 1.13 bits per heavy atom. The van der Waals surface area contributed by atoms with E-state index in [4.69, 9.17) is 0 Å². The normalized spacial score (nSPS) is 12.7. The summed E-state index contributed by atoms with van der Waals surface area (Å²) < 4.78 is 28.9. The number of hydrogen-bond acceptors (Lipinski definition) is 5.